The van der Waals surface area contributed by atoms with Gasteiger partial charge in [-0.3, -0.25) is 0 Å². The molecule has 1 aliphatic rings. The molecule has 1 fully saturated rings. The molecule has 6 nitrogen and oxygen atoms in total. The number of oxazole rings is 1. The Morgan fingerprint density at radius 1 is 1.25 bits per heavy atom. The predicted octanol–water partition coefficient (Wildman–Crippen LogP) is 3.16. The number of ether oxygens (including phenoxy) is 1. The van der Waals surface area contributed by atoms with Crippen molar-refractivity contribution in [2.45, 2.75) is 25.0 Å². The molecule has 24 heavy (non-hydrogen) atoms. The number of fused-ring (bicyclic) bond motifs is 1. The van der Waals surface area contributed by atoms with Gasteiger partial charge in [-0.2, -0.15) is 4.98 Å². The first-order valence-electron chi connectivity index (χ1n) is 8.03. The predicted molar refractivity (Wildman–Crippen MR) is 89.9 cm³/mol. The van der Waals surface area contributed by atoms with Crippen LogP contribution in [0.3, 0.4) is 0 Å². The molecule has 0 unspecified atom stereocenters. The number of aliphatic hydroxyl groups is 1. The Balaban J connectivity index is 1.61. The fraction of sp³-hybridized carbons (Fsp3) is 0.333. The van der Waals surface area contributed by atoms with Crippen LogP contribution < -0.4 is 10.1 Å². The van der Waals surface area contributed by atoms with Gasteiger partial charge in [-0.15, -0.1) is 0 Å². The first-order chi connectivity index (χ1) is 11.7. The second kappa shape index (κ2) is 6.13. The minimum Gasteiger partial charge on any atom is -0.481 e. The molecule has 1 atom stereocenters. The third-order valence-electron chi connectivity index (χ3n) is 4.52. The van der Waals surface area contributed by atoms with Gasteiger partial charge < -0.3 is 19.6 Å². The van der Waals surface area contributed by atoms with Gasteiger partial charge in [0.2, 0.25) is 5.88 Å². The number of anilines is 1. The summed E-state index contributed by atoms with van der Waals surface area (Å²) in [5.74, 6) is 0.887. The fourth-order valence-electron chi connectivity index (χ4n) is 3.14. The molecule has 0 saturated heterocycles. The summed E-state index contributed by atoms with van der Waals surface area (Å²) in [4.78, 5) is 8.77. The van der Waals surface area contributed by atoms with E-state index in [2.05, 4.69) is 15.3 Å². The third-order valence-corrected chi connectivity index (χ3v) is 4.52. The molecule has 1 aliphatic carbocycles. The number of aromatic nitrogens is 2. The number of methoxy groups -OCH3 is 1. The molecule has 6 heteroatoms. The second-order valence-electron chi connectivity index (χ2n) is 6.13. The van der Waals surface area contributed by atoms with E-state index < -0.39 is 0 Å². The maximum absolute atomic E-state index is 9.67. The van der Waals surface area contributed by atoms with E-state index >= 15 is 0 Å². The van der Waals surface area contributed by atoms with E-state index in [-0.39, 0.29) is 12.1 Å². The molecule has 2 N–H and O–H groups in total. The zero-order valence-corrected chi connectivity index (χ0v) is 13.3. The van der Waals surface area contributed by atoms with Crippen molar-refractivity contribution in [3.8, 4) is 5.88 Å². The van der Waals surface area contributed by atoms with Gasteiger partial charge in [0.15, 0.2) is 5.58 Å². The highest BCUT2D eigenvalue weighted by atomic mass is 16.5. The summed E-state index contributed by atoms with van der Waals surface area (Å²) in [5, 5.41) is 13.0. The Labute approximate surface area is 139 Å². The quantitative estimate of drug-likeness (QED) is 0.750. The first-order valence-corrected chi connectivity index (χ1v) is 8.03. The lowest BCUT2D eigenvalue weighted by molar-refractivity contribution is 0.0336. The van der Waals surface area contributed by atoms with E-state index in [0.29, 0.717) is 17.8 Å². The van der Waals surface area contributed by atoms with Crippen LogP contribution in [0.5, 0.6) is 5.88 Å². The summed E-state index contributed by atoms with van der Waals surface area (Å²) in [6, 6.07) is 12.0. The van der Waals surface area contributed by atoms with Gasteiger partial charge in [-0.1, -0.05) is 18.2 Å². The maximum Gasteiger partial charge on any atom is 0.296 e. The molecule has 4 rings (SSSR count). The highest BCUT2D eigenvalue weighted by Gasteiger charge is 2.35. The molecule has 0 radical (unpaired) electrons. The van der Waals surface area contributed by atoms with E-state index in [4.69, 9.17) is 9.15 Å². The molecule has 0 bridgehead atoms. The Hall–Kier alpha value is -2.60. The Bertz CT molecular complexity index is 792. The average Bonchev–Trinajstić information content (AvgIpc) is 3.00. The van der Waals surface area contributed by atoms with Crippen molar-refractivity contribution in [1.82, 2.24) is 9.97 Å². The Morgan fingerprint density at radius 2 is 2.08 bits per heavy atom. The van der Waals surface area contributed by atoms with Crippen molar-refractivity contribution in [2.24, 2.45) is 5.92 Å². The lowest BCUT2D eigenvalue weighted by Crippen LogP contribution is -2.36. The number of para-hydroxylation sites is 2. The molecule has 124 valence electrons. The Morgan fingerprint density at radius 3 is 2.75 bits per heavy atom. The van der Waals surface area contributed by atoms with Gasteiger partial charge in [0.25, 0.3) is 6.01 Å². The number of rotatable bonds is 5. The smallest absolute Gasteiger partial charge is 0.296 e. The zero-order chi connectivity index (χ0) is 16.5. The monoisotopic (exact) mass is 325 g/mol. The summed E-state index contributed by atoms with van der Waals surface area (Å²) in [7, 11) is 1.60. The standard InChI is InChI=1S/C18H19N3O3/c1-23-16-7-6-11(10-19-16)17(12-8-13(22)9-12)21-18-20-14-4-2-3-5-15(14)24-18/h2-7,10,12-13,17,22H,8-9H2,1H3,(H,20,21)/t12?,13?,17-/m0/s1. The van der Waals surface area contributed by atoms with Gasteiger partial charge in [0.05, 0.1) is 19.3 Å². The molecule has 2 heterocycles. The summed E-state index contributed by atoms with van der Waals surface area (Å²) in [6.45, 7) is 0. The number of nitrogens with one attached hydrogen (secondary N) is 1. The number of aliphatic hydroxyl groups excluding tert-OH is 1. The van der Waals surface area contributed by atoms with Gasteiger partial charge >= 0.3 is 0 Å². The molecule has 0 amide bonds. The number of nitrogens with zero attached hydrogens (tertiary/aromatic N) is 2. The highest BCUT2D eigenvalue weighted by Crippen LogP contribution is 2.40. The molecular formula is C18H19N3O3. The van der Waals surface area contributed by atoms with Crippen molar-refractivity contribution in [3.63, 3.8) is 0 Å². The van der Waals surface area contributed by atoms with Crippen molar-refractivity contribution < 1.29 is 14.3 Å². The molecule has 0 aliphatic heterocycles. The maximum atomic E-state index is 9.67. The van der Waals surface area contributed by atoms with Crippen LogP contribution in [-0.2, 0) is 0 Å². The van der Waals surface area contributed by atoms with E-state index in [1.54, 1.807) is 13.3 Å². The van der Waals surface area contributed by atoms with Gasteiger partial charge in [0.1, 0.15) is 5.52 Å². The summed E-state index contributed by atoms with van der Waals surface area (Å²) < 4.78 is 10.9. The van der Waals surface area contributed by atoms with Crippen molar-refractivity contribution >= 4 is 17.1 Å². The van der Waals surface area contributed by atoms with Gasteiger partial charge in [-0.25, -0.2) is 4.98 Å². The normalized spacial score (nSPS) is 21.2. The highest BCUT2D eigenvalue weighted by molar-refractivity contribution is 5.74. The number of hydrogen-bond donors (Lipinski definition) is 2. The minimum absolute atomic E-state index is 0.0140. The molecule has 3 aromatic rings. The average molecular weight is 325 g/mol. The molecule has 2 aromatic heterocycles. The third kappa shape index (κ3) is 2.80. The van der Waals surface area contributed by atoms with Crippen LogP contribution in [0.4, 0.5) is 6.01 Å². The topological polar surface area (TPSA) is 80.4 Å². The van der Waals surface area contributed by atoms with Crippen LogP contribution in [0.2, 0.25) is 0 Å². The van der Waals surface area contributed by atoms with Crippen LogP contribution in [0.15, 0.2) is 47.0 Å². The second-order valence-corrected chi connectivity index (χ2v) is 6.13. The van der Waals surface area contributed by atoms with Crippen LogP contribution in [0.25, 0.3) is 11.1 Å². The Kier molecular flexibility index (Phi) is 3.82. The number of hydrogen-bond acceptors (Lipinski definition) is 6. The van der Waals surface area contributed by atoms with E-state index in [0.717, 1.165) is 29.5 Å². The number of benzene rings is 1. The van der Waals surface area contributed by atoms with Crippen molar-refractivity contribution in [2.75, 3.05) is 12.4 Å². The summed E-state index contributed by atoms with van der Waals surface area (Å²) in [6.07, 6.45) is 3.08. The van der Waals surface area contributed by atoms with E-state index in [1.165, 1.54) is 0 Å². The summed E-state index contributed by atoms with van der Waals surface area (Å²) in [5.41, 5.74) is 2.59. The molecule has 1 aromatic carbocycles. The van der Waals surface area contributed by atoms with Crippen LogP contribution >= 0.6 is 0 Å². The molecule has 1 saturated carbocycles. The fourth-order valence-corrected chi connectivity index (χ4v) is 3.14. The minimum atomic E-state index is -0.228. The first kappa shape index (κ1) is 15.0. The number of pyridine rings is 1. The largest absolute Gasteiger partial charge is 0.481 e. The lowest BCUT2D eigenvalue weighted by atomic mass is 9.75. The summed E-state index contributed by atoms with van der Waals surface area (Å²) >= 11 is 0. The van der Waals surface area contributed by atoms with E-state index in [1.807, 2.05) is 36.4 Å². The van der Waals surface area contributed by atoms with Crippen molar-refractivity contribution in [3.05, 3.63) is 48.2 Å². The van der Waals surface area contributed by atoms with Gasteiger partial charge in [0, 0.05) is 12.3 Å². The van der Waals surface area contributed by atoms with Crippen LogP contribution in [0.1, 0.15) is 24.4 Å². The van der Waals surface area contributed by atoms with Crippen LogP contribution in [-0.4, -0.2) is 28.3 Å². The zero-order valence-electron chi connectivity index (χ0n) is 13.3. The van der Waals surface area contributed by atoms with E-state index in [9.17, 15) is 5.11 Å². The van der Waals surface area contributed by atoms with Gasteiger partial charge in [-0.05, 0) is 36.5 Å². The molecular weight excluding hydrogens is 306 g/mol. The SMILES string of the molecule is COc1ccc([C@H](Nc2nc3ccccc3o2)C2CC(O)C2)cn1. The molecule has 0 spiro atoms. The van der Waals surface area contributed by atoms with Crippen LogP contribution in [0, 0.1) is 5.92 Å². The van der Waals surface area contributed by atoms with Crippen molar-refractivity contribution in [1.29, 1.82) is 0 Å². The lowest BCUT2D eigenvalue weighted by Gasteiger charge is -2.37.